The Labute approximate surface area is 146 Å². The van der Waals surface area contributed by atoms with Crippen molar-refractivity contribution < 1.29 is 40.6 Å². The van der Waals surface area contributed by atoms with Gasteiger partial charge in [-0.2, -0.15) is 39.8 Å². The minimum absolute atomic E-state index is 0. The van der Waals surface area contributed by atoms with Crippen molar-refractivity contribution in [3.8, 4) is 11.5 Å². The second-order valence-corrected chi connectivity index (χ2v) is 5.09. The number of rotatable bonds is 6. The normalized spacial score (nSPS) is 11.7. The summed E-state index contributed by atoms with van der Waals surface area (Å²) in [5.41, 5.74) is -0.354. The van der Waals surface area contributed by atoms with Gasteiger partial charge in [0.15, 0.2) is 13.2 Å². The van der Waals surface area contributed by atoms with Crippen molar-refractivity contribution in [2.75, 3.05) is 13.2 Å². The van der Waals surface area contributed by atoms with E-state index < -0.39 is 37.2 Å². The van der Waals surface area contributed by atoms with Gasteiger partial charge in [-0.3, -0.25) is 4.79 Å². The van der Waals surface area contributed by atoms with E-state index in [9.17, 15) is 31.1 Å². The average Bonchev–Trinajstić information content (AvgIpc) is 2.40. The standard InChI is InChI=1S/C14H15F6NO3.H2S/c1-8(2)21-12(22)10-5-9(23-6-13(15,16)17)3-4-11(10)24-7-14(18,19)20;/h3-5,8H,6-7H2,1-2H3,(H,21,22);1H2. The lowest BCUT2D eigenvalue weighted by molar-refractivity contribution is -0.154. The molecule has 0 radical (unpaired) electrons. The summed E-state index contributed by atoms with van der Waals surface area (Å²) in [6, 6.07) is 2.50. The first-order valence-electron chi connectivity index (χ1n) is 6.71. The van der Waals surface area contributed by atoms with Gasteiger partial charge in [0, 0.05) is 6.04 Å². The lowest BCUT2D eigenvalue weighted by Gasteiger charge is -2.16. The van der Waals surface area contributed by atoms with Gasteiger partial charge in [-0.1, -0.05) is 0 Å². The van der Waals surface area contributed by atoms with Crippen LogP contribution < -0.4 is 14.8 Å². The highest BCUT2D eigenvalue weighted by atomic mass is 32.1. The molecule has 25 heavy (non-hydrogen) atoms. The highest BCUT2D eigenvalue weighted by molar-refractivity contribution is 7.59. The van der Waals surface area contributed by atoms with Gasteiger partial charge in [0.2, 0.25) is 0 Å². The Balaban J connectivity index is 0.00000576. The summed E-state index contributed by atoms with van der Waals surface area (Å²) in [7, 11) is 0. The maximum atomic E-state index is 12.2. The quantitative estimate of drug-likeness (QED) is 0.748. The van der Waals surface area contributed by atoms with Gasteiger partial charge in [0.1, 0.15) is 11.5 Å². The monoisotopic (exact) mass is 393 g/mol. The van der Waals surface area contributed by atoms with Crippen LogP contribution in [0.2, 0.25) is 0 Å². The van der Waals surface area contributed by atoms with E-state index in [1.807, 2.05) is 0 Å². The van der Waals surface area contributed by atoms with E-state index in [1.165, 1.54) is 0 Å². The molecule has 0 aliphatic rings. The molecule has 1 amide bonds. The van der Waals surface area contributed by atoms with Crippen LogP contribution in [0.1, 0.15) is 24.2 Å². The van der Waals surface area contributed by atoms with Crippen LogP contribution in [0.5, 0.6) is 11.5 Å². The summed E-state index contributed by atoms with van der Waals surface area (Å²) in [5, 5.41) is 2.42. The number of halogens is 6. The fourth-order valence-corrected chi connectivity index (χ4v) is 1.57. The Morgan fingerprint density at radius 2 is 1.56 bits per heavy atom. The number of nitrogens with one attached hydrogen (secondary N) is 1. The number of alkyl halides is 6. The molecule has 4 nitrogen and oxygen atoms in total. The van der Waals surface area contributed by atoms with Crippen LogP contribution in [0.3, 0.4) is 0 Å². The molecule has 0 unspecified atom stereocenters. The molecule has 1 N–H and O–H groups in total. The Morgan fingerprint density at radius 3 is 2.04 bits per heavy atom. The van der Waals surface area contributed by atoms with Gasteiger partial charge >= 0.3 is 12.4 Å². The van der Waals surface area contributed by atoms with Crippen LogP contribution in [0.4, 0.5) is 26.3 Å². The summed E-state index contributed by atoms with van der Waals surface area (Å²) in [5.74, 6) is -1.52. The number of amides is 1. The summed E-state index contributed by atoms with van der Waals surface area (Å²) in [6.07, 6.45) is -9.22. The van der Waals surface area contributed by atoms with Crippen molar-refractivity contribution in [2.45, 2.75) is 32.2 Å². The minimum Gasteiger partial charge on any atom is -0.484 e. The molecule has 0 bridgehead atoms. The third kappa shape index (κ3) is 9.32. The van der Waals surface area contributed by atoms with Crippen LogP contribution in [-0.2, 0) is 0 Å². The largest absolute Gasteiger partial charge is 0.484 e. The molecule has 1 aromatic carbocycles. The third-order valence-corrected chi connectivity index (χ3v) is 2.41. The maximum Gasteiger partial charge on any atom is 0.422 e. The van der Waals surface area contributed by atoms with Gasteiger partial charge in [0.25, 0.3) is 5.91 Å². The lowest BCUT2D eigenvalue weighted by atomic mass is 10.1. The second-order valence-electron chi connectivity index (χ2n) is 5.09. The van der Waals surface area contributed by atoms with Gasteiger partial charge < -0.3 is 14.8 Å². The zero-order valence-electron chi connectivity index (χ0n) is 13.2. The van der Waals surface area contributed by atoms with E-state index in [-0.39, 0.29) is 30.9 Å². The van der Waals surface area contributed by atoms with Crippen molar-refractivity contribution in [3.63, 3.8) is 0 Å². The lowest BCUT2D eigenvalue weighted by Crippen LogP contribution is -2.31. The van der Waals surface area contributed by atoms with Gasteiger partial charge in [-0.15, -0.1) is 0 Å². The van der Waals surface area contributed by atoms with Gasteiger partial charge in [-0.05, 0) is 32.0 Å². The molecule has 0 aromatic heterocycles. The Hall–Kier alpha value is -1.78. The van der Waals surface area contributed by atoms with Crippen LogP contribution in [0, 0.1) is 0 Å². The fourth-order valence-electron chi connectivity index (χ4n) is 1.57. The van der Waals surface area contributed by atoms with Crippen LogP contribution >= 0.6 is 13.5 Å². The Morgan fingerprint density at radius 1 is 1.04 bits per heavy atom. The minimum atomic E-state index is -4.63. The molecular formula is C14H17F6NO3S. The number of benzene rings is 1. The molecule has 144 valence electrons. The molecule has 0 heterocycles. The number of carbonyl (C=O) groups excluding carboxylic acids is 1. The predicted octanol–water partition coefficient (Wildman–Crippen LogP) is 3.82. The predicted molar refractivity (Wildman–Crippen MR) is 82.5 cm³/mol. The molecular weight excluding hydrogens is 376 g/mol. The second kappa shape index (κ2) is 9.07. The maximum absolute atomic E-state index is 12.2. The highest BCUT2D eigenvalue weighted by Gasteiger charge is 2.30. The zero-order chi connectivity index (χ0) is 18.5. The van der Waals surface area contributed by atoms with Crippen molar-refractivity contribution in [1.82, 2.24) is 5.32 Å². The van der Waals surface area contributed by atoms with Crippen molar-refractivity contribution in [2.24, 2.45) is 0 Å². The van der Waals surface area contributed by atoms with E-state index in [4.69, 9.17) is 0 Å². The smallest absolute Gasteiger partial charge is 0.422 e. The molecule has 11 heteroatoms. The first kappa shape index (κ1) is 23.2. The molecule has 0 aliphatic heterocycles. The number of carbonyl (C=O) groups is 1. The van der Waals surface area contributed by atoms with E-state index in [0.717, 1.165) is 18.2 Å². The van der Waals surface area contributed by atoms with Crippen molar-refractivity contribution >= 4 is 19.4 Å². The third-order valence-electron chi connectivity index (χ3n) is 2.41. The van der Waals surface area contributed by atoms with Crippen LogP contribution in [0.25, 0.3) is 0 Å². The Bertz CT molecular complexity index is 575. The van der Waals surface area contributed by atoms with Gasteiger partial charge in [0.05, 0.1) is 5.56 Å². The fraction of sp³-hybridized carbons (Fsp3) is 0.500. The molecule has 0 spiro atoms. The van der Waals surface area contributed by atoms with Gasteiger partial charge in [-0.25, -0.2) is 0 Å². The first-order chi connectivity index (χ1) is 10.9. The zero-order valence-corrected chi connectivity index (χ0v) is 14.2. The summed E-state index contributed by atoms with van der Waals surface area (Å²) >= 11 is 0. The molecule has 0 aliphatic carbocycles. The van der Waals surface area contributed by atoms with Crippen molar-refractivity contribution in [1.29, 1.82) is 0 Å². The number of hydrogen-bond acceptors (Lipinski definition) is 3. The molecule has 0 fully saturated rings. The molecule has 0 atom stereocenters. The molecule has 1 aromatic rings. The SMILES string of the molecule is CC(C)NC(=O)c1cc(OCC(F)(F)F)ccc1OCC(F)(F)F.S. The number of hydrogen-bond donors (Lipinski definition) is 1. The molecule has 0 saturated carbocycles. The molecule has 1 rings (SSSR count). The van der Waals surface area contributed by atoms with E-state index in [1.54, 1.807) is 13.8 Å². The van der Waals surface area contributed by atoms with Crippen molar-refractivity contribution in [3.05, 3.63) is 23.8 Å². The van der Waals surface area contributed by atoms with Crippen LogP contribution in [0.15, 0.2) is 18.2 Å². The Kier molecular flexibility index (Phi) is 8.42. The average molecular weight is 393 g/mol. The van der Waals surface area contributed by atoms with E-state index >= 15 is 0 Å². The van der Waals surface area contributed by atoms with Crippen LogP contribution in [-0.4, -0.2) is 37.5 Å². The number of ether oxygens (including phenoxy) is 2. The topological polar surface area (TPSA) is 47.6 Å². The van der Waals surface area contributed by atoms with E-state index in [0.29, 0.717) is 0 Å². The molecule has 0 saturated heterocycles. The highest BCUT2D eigenvalue weighted by Crippen LogP contribution is 2.27. The first-order valence-corrected chi connectivity index (χ1v) is 6.71. The summed E-state index contributed by atoms with van der Waals surface area (Å²) in [6.45, 7) is -0.0188. The summed E-state index contributed by atoms with van der Waals surface area (Å²) in [4.78, 5) is 12.0. The van der Waals surface area contributed by atoms with E-state index in [2.05, 4.69) is 14.8 Å². The summed E-state index contributed by atoms with van der Waals surface area (Å²) < 4.78 is 82.2.